The van der Waals surface area contributed by atoms with Gasteiger partial charge in [-0.1, -0.05) is 0 Å². The fraction of sp³-hybridized carbons (Fsp3) is 0.286. The number of carbonyl (C=O) groups excluding carboxylic acids is 1. The first-order chi connectivity index (χ1) is 14.9. The summed E-state index contributed by atoms with van der Waals surface area (Å²) >= 11 is 1.34. The summed E-state index contributed by atoms with van der Waals surface area (Å²) < 4.78 is 15.0. The van der Waals surface area contributed by atoms with E-state index in [0.29, 0.717) is 22.2 Å². The van der Waals surface area contributed by atoms with E-state index in [1.54, 1.807) is 43.8 Å². The van der Waals surface area contributed by atoms with E-state index in [4.69, 9.17) is 5.26 Å². The number of hydrogen-bond acceptors (Lipinski definition) is 7. The average molecular weight is 453 g/mol. The minimum absolute atomic E-state index is 0.205. The lowest BCUT2D eigenvalue weighted by atomic mass is 9.89. The first kappa shape index (κ1) is 21.1. The van der Waals surface area contributed by atoms with Crippen molar-refractivity contribution >= 4 is 39.2 Å². The summed E-state index contributed by atoms with van der Waals surface area (Å²) in [6, 6.07) is 7.31. The van der Waals surface area contributed by atoms with Crippen molar-refractivity contribution in [2.45, 2.75) is 37.4 Å². The van der Waals surface area contributed by atoms with Gasteiger partial charge >= 0.3 is 0 Å². The molecular formula is C21H20N6O2S2. The van der Waals surface area contributed by atoms with Crippen molar-refractivity contribution in [1.29, 1.82) is 5.26 Å². The van der Waals surface area contributed by atoms with Crippen LogP contribution >= 0.6 is 11.3 Å². The summed E-state index contributed by atoms with van der Waals surface area (Å²) in [6.07, 6.45) is 6.72. The van der Waals surface area contributed by atoms with Crippen LogP contribution in [0, 0.1) is 11.3 Å². The molecule has 1 aliphatic carbocycles. The SMILES string of the molecule is CC(C)(C(=O)Nc1ccc(-c2cncc(C#N)c2)cn1)c1csc(NS(=O)C2CC2)n1. The highest BCUT2D eigenvalue weighted by Crippen LogP contribution is 2.31. The second-order valence-electron chi connectivity index (χ2n) is 7.72. The number of rotatable bonds is 7. The van der Waals surface area contributed by atoms with Gasteiger partial charge in [0.25, 0.3) is 0 Å². The van der Waals surface area contributed by atoms with Crippen LogP contribution in [-0.2, 0) is 21.2 Å². The number of hydrogen-bond donors (Lipinski definition) is 2. The monoisotopic (exact) mass is 452 g/mol. The molecule has 31 heavy (non-hydrogen) atoms. The van der Waals surface area contributed by atoms with Gasteiger partial charge in [-0.3, -0.25) is 14.5 Å². The Kier molecular flexibility index (Phi) is 5.80. The maximum absolute atomic E-state index is 12.9. The molecule has 4 rings (SSSR count). The zero-order valence-electron chi connectivity index (χ0n) is 17.0. The number of nitrogens with one attached hydrogen (secondary N) is 2. The summed E-state index contributed by atoms with van der Waals surface area (Å²) in [5.41, 5.74) is 1.73. The van der Waals surface area contributed by atoms with Gasteiger partial charge in [-0.2, -0.15) is 5.26 Å². The molecule has 1 unspecified atom stereocenters. The van der Waals surface area contributed by atoms with Gasteiger partial charge in [0.1, 0.15) is 22.9 Å². The van der Waals surface area contributed by atoms with Gasteiger partial charge in [-0.05, 0) is 44.9 Å². The number of carbonyl (C=O) groups is 1. The molecule has 1 atom stereocenters. The van der Waals surface area contributed by atoms with Crippen molar-refractivity contribution in [3.63, 3.8) is 0 Å². The molecule has 1 aliphatic rings. The van der Waals surface area contributed by atoms with Gasteiger partial charge in [0.05, 0.1) is 21.9 Å². The van der Waals surface area contributed by atoms with E-state index >= 15 is 0 Å². The Morgan fingerprint density at radius 3 is 2.74 bits per heavy atom. The third-order valence-corrected chi connectivity index (χ3v) is 7.29. The van der Waals surface area contributed by atoms with Crippen LogP contribution in [0.3, 0.4) is 0 Å². The standard InChI is InChI=1S/C21H20N6O2S2/c1-21(2,17-12-30-20(25-17)27-31(29)16-4-5-16)19(28)26-18-6-3-14(11-24-18)15-7-13(8-22)9-23-10-15/h3,6-7,9-12,16H,4-5H2,1-2H3,(H,25,27)(H,24,26,28). The van der Waals surface area contributed by atoms with Crippen molar-refractivity contribution in [2.75, 3.05) is 10.0 Å². The number of nitrogens with zero attached hydrogens (tertiary/aromatic N) is 4. The van der Waals surface area contributed by atoms with Crippen molar-refractivity contribution in [1.82, 2.24) is 15.0 Å². The number of amides is 1. The first-order valence-electron chi connectivity index (χ1n) is 9.63. The molecule has 0 spiro atoms. The summed E-state index contributed by atoms with van der Waals surface area (Å²) in [5, 5.41) is 14.4. The minimum atomic E-state index is -1.12. The van der Waals surface area contributed by atoms with Crippen molar-refractivity contribution in [2.24, 2.45) is 0 Å². The maximum atomic E-state index is 12.9. The van der Waals surface area contributed by atoms with Crippen LogP contribution in [0.2, 0.25) is 0 Å². The van der Waals surface area contributed by atoms with Gasteiger partial charge < -0.3 is 5.32 Å². The van der Waals surface area contributed by atoms with Crippen LogP contribution in [0.15, 0.2) is 42.2 Å². The lowest BCUT2D eigenvalue weighted by Gasteiger charge is -2.21. The number of anilines is 2. The molecule has 2 N–H and O–H groups in total. The smallest absolute Gasteiger partial charge is 0.237 e. The zero-order chi connectivity index (χ0) is 22.0. The van der Waals surface area contributed by atoms with Gasteiger partial charge in [-0.25, -0.2) is 14.2 Å². The van der Waals surface area contributed by atoms with Crippen LogP contribution in [0.5, 0.6) is 0 Å². The van der Waals surface area contributed by atoms with Crippen LogP contribution in [-0.4, -0.2) is 30.3 Å². The van der Waals surface area contributed by atoms with E-state index in [1.165, 1.54) is 17.5 Å². The van der Waals surface area contributed by atoms with Crippen LogP contribution in [0.4, 0.5) is 10.9 Å². The van der Waals surface area contributed by atoms with Crippen LogP contribution < -0.4 is 10.0 Å². The molecule has 158 valence electrons. The molecule has 0 saturated heterocycles. The molecule has 8 nitrogen and oxygen atoms in total. The highest BCUT2D eigenvalue weighted by Gasteiger charge is 2.34. The molecule has 0 aromatic carbocycles. The molecule has 1 saturated carbocycles. The van der Waals surface area contributed by atoms with E-state index < -0.39 is 16.4 Å². The first-order valence-corrected chi connectivity index (χ1v) is 11.7. The van der Waals surface area contributed by atoms with Crippen molar-refractivity contribution in [3.8, 4) is 17.2 Å². The van der Waals surface area contributed by atoms with Gasteiger partial charge in [-0.15, -0.1) is 11.3 Å². The fourth-order valence-electron chi connectivity index (χ4n) is 2.75. The van der Waals surface area contributed by atoms with Crippen molar-refractivity contribution in [3.05, 3.63) is 53.4 Å². The Morgan fingerprint density at radius 2 is 2.06 bits per heavy atom. The van der Waals surface area contributed by atoms with E-state index in [9.17, 15) is 9.00 Å². The largest absolute Gasteiger partial charge is 0.310 e. The second kappa shape index (κ2) is 8.53. The quantitative estimate of drug-likeness (QED) is 0.565. The molecule has 1 amide bonds. The average Bonchev–Trinajstić information content (AvgIpc) is 3.53. The number of pyridine rings is 2. The minimum Gasteiger partial charge on any atom is -0.310 e. The molecular weight excluding hydrogens is 432 g/mol. The molecule has 0 radical (unpaired) electrons. The molecule has 3 aromatic rings. The van der Waals surface area contributed by atoms with Crippen LogP contribution in [0.1, 0.15) is 37.9 Å². The van der Waals surface area contributed by atoms with Gasteiger partial charge in [0.2, 0.25) is 5.91 Å². The van der Waals surface area contributed by atoms with Crippen molar-refractivity contribution < 1.29 is 9.00 Å². The lowest BCUT2D eigenvalue weighted by molar-refractivity contribution is -0.120. The lowest BCUT2D eigenvalue weighted by Crippen LogP contribution is -2.35. The number of thiazole rings is 1. The maximum Gasteiger partial charge on any atom is 0.237 e. The predicted molar refractivity (Wildman–Crippen MR) is 121 cm³/mol. The number of aromatic nitrogens is 3. The molecule has 3 aromatic heterocycles. The molecule has 10 heteroatoms. The third-order valence-electron chi connectivity index (χ3n) is 4.93. The predicted octanol–water partition coefficient (Wildman–Crippen LogP) is 3.63. The molecule has 3 heterocycles. The highest BCUT2D eigenvalue weighted by atomic mass is 32.2. The summed E-state index contributed by atoms with van der Waals surface area (Å²) in [7, 11) is -1.12. The topological polar surface area (TPSA) is 121 Å². The summed E-state index contributed by atoms with van der Waals surface area (Å²) in [4.78, 5) is 25.7. The Labute approximate surface area is 186 Å². The molecule has 0 aliphatic heterocycles. The normalized spacial score (nSPS) is 14.5. The van der Waals surface area contributed by atoms with E-state index in [1.807, 2.05) is 6.07 Å². The number of nitriles is 1. The Hall–Kier alpha value is -3.16. The van der Waals surface area contributed by atoms with Gasteiger partial charge in [0, 0.05) is 35.1 Å². The van der Waals surface area contributed by atoms with E-state index in [0.717, 1.165) is 24.0 Å². The summed E-state index contributed by atoms with van der Waals surface area (Å²) in [6.45, 7) is 3.57. The highest BCUT2D eigenvalue weighted by molar-refractivity contribution is 7.87. The Balaban J connectivity index is 1.43. The zero-order valence-corrected chi connectivity index (χ0v) is 18.6. The molecule has 0 bridgehead atoms. The molecule has 1 fully saturated rings. The summed E-state index contributed by atoms with van der Waals surface area (Å²) in [5.74, 6) is 0.163. The van der Waals surface area contributed by atoms with Gasteiger partial charge in [0.15, 0.2) is 5.13 Å². The van der Waals surface area contributed by atoms with Crippen LogP contribution in [0.25, 0.3) is 11.1 Å². The third kappa shape index (κ3) is 4.78. The van der Waals surface area contributed by atoms with E-state index in [-0.39, 0.29) is 11.2 Å². The Bertz CT molecular complexity index is 1180. The fourth-order valence-corrected chi connectivity index (χ4v) is 4.85. The Morgan fingerprint density at radius 1 is 1.26 bits per heavy atom. The van der Waals surface area contributed by atoms with E-state index in [2.05, 4.69) is 31.1 Å². The second-order valence-corrected chi connectivity index (χ2v) is 10.0.